The summed E-state index contributed by atoms with van der Waals surface area (Å²) in [5.41, 5.74) is 0. The first-order valence-corrected chi connectivity index (χ1v) is 5.16. The molecule has 54 valence electrons. The molecular weight excluding hydrogens is 132 g/mol. The van der Waals surface area contributed by atoms with Crippen LogP contribution in [0.15, 0.2) is 12.2 Å². The quantitative estimate of drug-likeness (QED) is 0.436. The highest BCUT2D eigenvalue weighted by molar-refractivity contribution is 6.42. The summed E-state index contributed by atoms with van der Waals surface area (Å²) in [6.45, 7) is 4.67. The molecule has 0 aliphatic carbocycles. The fourth-order valence-corrected chi connectivity index (χ4v) is 0.874. The standard InChI is InChI=1S/C6H14O2Si/c1-4-5-6-8-9(3)7-2/h4-5,9H,6H2,1-3H3. The Morgan fingerprint density at radius 2 is 2.22 bits per heavy atom. The van der Waals surface area contributed by atoms with E-state index in [2.05, 4.69) is 0 Å². The van der Waals surface area contributed by atoms with Crippen molar-refractivity contribution in [2.75, 3.05) is 13.7 Å². The summed E-state index contributed by atoms with van der Waals surface area (Å²) in [6, 6.07) is 0. The van der Waals surface area contributed by atoms with E-state index in [9.17, 15) is 0 Å². The first kappa shape index (κ1) is 8.88. The number of hydrogen-bond acceptors (Lipinski definition) is 2. The normalized spacial score (nSPS) is 14.6. The van der Waals surface area contributed by atoms with Crippen LogP contribution in [0.1, 0.15) is 6.92 Å². The Morgan fingerprint density at radius 1 is 1.56 bits per heavy atom. The Balaban J connectivity index is 3.06. The van der Waals surface area contributed by atoms with E-state index in [0.717, 1.165) is 0 Å². The van der Waals surface area contributed by atoms with Gasteiger partial charge in [-0.15, -0.1) is 0 Å². The zero-order valence-electron chi connectivity index (χ0n) is 6.26. The van der Waals surface area contributed by atoms with Crippen molar-refractivity contribution >= 4 is 9.28 Å². The van der Waals surface area contributed by atoms with Gasteiger partial charge in [-0.25, -0.2) is 0 Å². The Hall–Kier alpha value is -0.123. The predicted molar refractivity (Wildman–Crippen MR) is 40.8 cm³/mol. The predicted octanol–water partition coefficient (Wildman–Crippen LogP) is 1.08. The van der Waals surface area contributed by atoms with Crippen molar-refractivity contribution < 1.29 is 8.85 Å². The lowest BCUT2D eigenvalue weighted by Gasteiger charge is -2.05. The average molecular weight is 146 g/mol. The minimum atomic E-state index is -1.26. The van der Waals surface area contributed by atoms with Crippen LogP contribution in [0.4, 0.5) is 0 Å². The number of hydrogen-bond donors (Lipinski definition) is 0. The molecule has 0 saturated heterocycles. The van der Waals surface area contributed by atoms with E-state index in [-0.39, 0.29) is 0 Å². The largest absolute Gasteiger partial charge is 0.400 e. The van der Waals surface area contributed by atoms with Crippen LogP contribution in [-0.2, 0) is 8.85 Å². The molecule has 2 nitrogen and oxygen atoms in total. The highest BCUT2D eigenvalue weighted by atomic mass is 28.3. The van der Waals surface area contributed by atoms with Gasteiger partial charge in [-0.05, 0) is 13.5 Å². The van der Waals surface area contributed by atoms with Gasteiger partial charge in [0.2, 0.25) is 0 Å². The lowest BCUT2D eigenvalue weighted by Crippen LogP contribution is -2.15. The van der Waals surface area contributed by atoms with Crippen molar-refractivity contribution in [2.24, 2.45) is 0 Å². The molecule has 0 bridgehead atoms. The zero-order valence-corrected chi connectivity index (χ0v) is 7.41. The number of rotatable bonds is 4. The molecule has 0 aromatic rings. The molecule has 0 fully saturated rings. The summed E-state index contributed by atoms with van der Waals surface area (Å²) in [5.74, 6) is 0. The summed E-state index contributed by atoms with van der Waals surface area (Å²) in [7, 11) is 0.423. The summed E-state index contributed by atoms with van der Waals surface area (Å²) in [4.78, 5) is 0. The molecule has 0 aliphatic rings. The van der Waals surface area contributed by atoms with E-state index in [1.807, 2.05) is 25.6 Å². The second kappa shape index (κ2) is 6.00. The molecule has 0 radical (unpaired) electrons. The lowest BCUT2D eigenvalue weighted by molar-refractivity contribution is 0.259. The molecule has 3 heteroatoms. The molecule has 0 rings (SSSR count). The molecule has 0 spiro atoms. The smallest absolute Gasteiger partial charge is 0.318 e. The molecule has 9 heavy (non-hydrogen) atoms. The maximum atomic E-state index is 5.26. The Morgan fingerprint density at radius 3 is 2.67 bits per heavy atom. The van der Waals surface area contributed by atoms with Crippen LogP contribution < -0.4 is 0 Å². The van der Waals surface area contributed by atoms with Crippen molar-refractivity contribution in [1.82, 2.24) is 0 Å². The van der Waals surface area contributed by atoms with Gasteiger partial charge in [0.25, 0.3) is 0 Å². The van der Waals surface area contributed by atoms with E-state index < -0.39 is 9.28 Å². The van der Waals surface area contributed by atoms with Crippen LogP contribution in [0.25, 0.3) is 0 Å². The van der Waals surface area contributed by atoms with Crippen LogP contribution in [0.2, 0.25) is 6.55 Å². The fraction of sp³-hybridized carbons (Fsp3) is 0.667. The van der Waals surface area contributed by atoms with Crippen LogP contribution in [-0.4, -0.2) is 23.0 Å². The van der Waals surface area contributed by atoms with E-state index in [0.29, 0.717) is 6.61 Å². The molecule has 0 aromatic carbocycles. The first-order valence-electron chi connectivity index (χ1n) is 3.06. The zero-order chi connectivity index (χ0) is 7.11. The SMILES string of the molecule is CC=CCO[SiH](C)OC. The molecular formula is C6H14O2Si. The maximum absolute atomic E-state index is 5.26. The lowest BCUT2D eigenvalue weighted by atomic mass is 10.6. The van der Waals surface area contributed by atoms with Crippen LogP contribution >= 0.6 is 0 Å². The highest BCUT2D eigenvalue weighted by Crippen LogP contribution is 1.85. The van der Waals surface area contributed by atoms with Crippen LogP contribution in [0, 0.1) is 0 Å². The number of allylic oxidation sites excluding steroid dienone is 1. The highest BCUT2D eigenvalue weighted by Gasteiger charge is 1.98. The van der Waals surface area contributed by atoms with Crippen molar-refractivity contribution in [3.8, 4) is 0 Å². The van der Waals surface area contributed by atoms with Gasteiger partial charge in [0.05, 0.1) is 6.61 Å². The third-order valence-electron chi connectivity index (χ3n) is 0.995. The van der Waals surface area contributed by atoms with E-state index >= 15 is 0 Å². The van der Waals surface area contributed by atoms with Gasteiger partial charge in [-0.3, -0.25) is 0 Å². The minimum absolute atomic E-state index is 0.692. The summed E-state index contributed by atoms with van der Waals surface area (Å²) < 4.78 is 10.2. The monoisotopic (exact) mass is 146 g/mol. The molecule has 1 unspecified atom stereocenters. The fourth-order valence-electron chi connectivity index (χ4n) is 0.355. The molecule has 0 N–H and O–H groups in total. The second-order valence-corrected chi connectivity index (χ2v) is 3.65. The summed E-state index contributed by atoms with van der Waals surface area (Å²) in [6.07, 6.45) is 3.94. The molecule has 0 amide bonds. The van der Waals surface area contributed by atoms with E-state index in [4.69, 9.17) is 8.85 Å². The van der Waals surface area contributed by atoms with Gasteiger partial charge in [0, 0.05) is 7.11 Å². The van der Waals surface area contributed by atoms with Crippen molar-refractivity contribution in [3.63, 3.8) is 0 Å². The second-order valence-electron chi connectivity index (χ2n) is 1.71. The topological polar surface area (TPSA) is 18.5 Å². The van der Waals surface area contributed by atoms with Gasteiger partial charge >= 0.3 is 9.28 Å². The average Bonchev–Trinajstić information content (AvgIpc) is 1.89. The van der Waals surface area contributed by atoms with Crippen molar-refractivity contribution in [3.05, 3.63) is 12.2 Å². The summed E-state index contributed by atoms with van der Waals surface area (Å²) >= 11 is 0. The van der Waals surface area contributed by atoms with Gasteiger partial charge < -0.3 is 8.85 Å². The van der Waals surface area contributed by atoms with Crippen molar-refractivity contribution in [2.45, 2.75) is 13.5 Å². The first-order chi connectivity index (χ1) is 4.31. The molecule has 0 aliphatic heterocycles. The van der Waals surface area contributed by atoms with Gasteiger partial charge in [-0.1, -0.05) is 12.2 Å². The van der Waals surface area contributed by atoms with Crippen LogP contribution in [0.5, 0.6) is 0 Å². The van der Waals surface area contributed by atoms with E-state index in [1.54, 1.807) is 7.11 Å². The molecule has 0 aromatic heterocycles. The van der Waals surface area contributed by atoms with Gasteiger partial charge in [-0.2, -0.15) is 0 Å². The van der Waals surface area contributed by atoms with Gasteiger partial charge in [0.1, 0.15) is 0 Å². The maximum Gasteiger partial charge on any atom is 0.318 e. The van der Waals surface area contributed by atoms with E-state index in [1.165, 1.54) is 0 Å². The third-order valence-corrected chi connectivity index (χ3v) is 2.32. The molecule has 0 saturated carbocycles. The molecule has 1 atom stereocenters. The minimum Gasteiger partial charge on any atom is -0.400 e. The Bertz CT molecular complexity index is 83.1. The third kappa shape index (κ3) is 5.75. The Labute approximate surface area is 58.3 Å². The Kier molecular flexibility index (Phi) is 5.92. The molecule has 0 heterocycles. The summed E-state index contributed by atoms with van der Waals surface area (Å²) in [5, 5.41) is 0. The van der Waals surface area contributed by atoms with Crippen LogP contribution in [0.3, 0.4) is 0 Å². The van der Waals surface area contributed by atoms with Gasteiger partial charge in [0.15, 0.2) is 0 Å². The van der Waals surface area contributed by atoms with Crippen molar-refractivity contribution in [1.29, 1.82) is 0 Å².